The molecule has 1 fully saturated rings. The number of fused-ring (bicyclic) bond motifs is 7. The highest BCUT2D eigenvalue weighted by Crippen LogP contribution is 2.44. The Morgan fingerprint density at radius 2 is 1.74 bits per heavy atom. The Labute approximate surface area is 206 Å². The Kier molecular flexibility index (Phi) is 7.10. The van der Waals surface area contributed by atoms with Crippen LogP contribution in [0.5, 0.6) is 11.5 Å². The molecule has 182 valence electrons. The lowest BCUT2D eigenvalue weighted by atomic mass is 9.85. The van der Waals surface area contributed by atoms with Crippen molar-refractivity contribution in [3.63, 3.8) is 0 Å². The van der Waals surface area contributed by atoms with E-state index in [1.54, 1.807) is 14.2 Å². The Morgan fingerprint density at radius 1 is 1.03 bits per heavy atom. The van der Waals surface area contributed by atoms with E-state index in [1.807, 2.05) is 19.9 Å². The Balaban J connectivity index is 0.00000274. The fourth-order valence-electron chi connectivity index (χ4n) is 5.37. The first-order valence-electron chi connectivity index (χ1n) is 11.8. The quantitative estimate of drug-likeness (QED) is 0.439. The van der Waals surface area contributed by atoms with Gasteiger partial charge < -0.3 is 14.2 Å². The standard InChI is InChI=1S/C27H32N2O4.ClH/c1-16(2)15-33-27(30)28-17-7-8-19-20(10-17)22-12-25(31-3)26(32-4)13-23(22)24-14-29-9-5-6-18(29)11-21(19)24;/h7-8,10,12-13,16,18H,5-6,9,11,14-15H2,1-4H3,(H,28,30);1H/t18-;/m0./s1. The zero-order valence-electron chi connectivity index (χ0n) is 20.3. The number of benzene rings is 3. The SMILES string of the molecule is COc1cc2c3c(c4ccc(NC(=O)OCC(C)C)cc4c2cc1OC)C[C@@H]1CCCN1C3.Cl. The number of nitrogens with zero attached hydrogens (tertiary/aromatic N) is 1. The van der Waals surface area contributed by atoms with Gasteiger partial charge in [-0.05, 0) is 88.7 Å². The first kappa shape index (κ1) is 24.4. The van der Waals surface area contributed by atoms with Gasteiger partial charge in [0.05, 0.1) is 20.8 Å². The van der Waals surface area contributed by atoms with Crippen LogP contribution in [0.25, 0.3) is 21.5 Å². The minimum atomic E-state index is -0.425. The monoisotopic (exact) mass is 484 g/mol. The average molecular weight is 485 g/mol. The molecule has 34 heavy (non-hydrogen) atoms. The van der Waals surface area contributed by atoms with Crippen molar-refractivity contribution in [2.75, 3.05) is 32.7 Å². The van der Waals surface area contributed by atoms with Crippen LogP contribution >= 0.6 is 12.4 Å². The summed E-state index contributed by atoms with van der Waals surface area (Å²) in [6, 6.07) is 11.0. The molecule has 1 amide bonds. The molecule has 3 aromatic rings. The van der Waals surface area contributed by atoms with E-state index in [2.05, 4.69) is 34.5 Å². The third-order valence-corrected chi connectivity index (χ3v) is 6.94. The van der Waals surface area contributed by atoms with Gasteiger partial charge in [-0.1, -0.05) is 19.9 Å². The van der Waals surface area contributed by atoms with Crippen molar-refractivity contribution in [3.05, 3.63) is 41.5 Å². The van der Waals surface area contributed by atoms with E-state index in [4.69, 9.17) is 14.2 Å². The van der Waals surface area contributed by atoms with Gasteiger partial charge in [0.15, 0.2) is 11.5 Å². The highest BCUT2D eigenvalue weighted by atomic mass is 35.5. The van der Waals surface area contributed by atoms with Gasteiger partial charge in [0.2, 0.25) is 0 Å². The molecule has 5 rings (SSSR count). The number of carbonyl (C=O) groups excluding carboxylic acids is 1. The van der Waals surface area contributed by atoms with Crippen molar-refractivity contribution < 1.29 is 19.0 Å². The van der Waals surface area contributed by atoms with Crippen LogP contribution < -0.4 is 14.8 Å². The van der Waals surface area contributed by atoms with Crippen molar-refractivity contribution in [2.45, 2.75) is 45.7 Å². The van der Waals surface area contributed by atoms with E-state index in [-0.39, 0.29) is 12.4 Å². The fraction of sp³-hybridized carbons (Fsp3) is 0.444. The number of rotatable bonds is 5. The van der Waals surface area contributed by atoms with Crippen LogP contribution in [0.1, 0.15) is 37.8 Å². The summed E-state index contributed by atoms with van der Waals surface area (Å²) in [6.45, 7) is 6.56. The third-order valence-electron chi connectivity index (χ3n) is 6.94. The summed E-state index contributed by atoms with van der Waals surface area (Å²) in [7, 11) is 3.34. The van der Waals surface area contributed by atoms with E-state index in [0.29, 0.717) is 24.3 Å². The molecule has 1 atom stereocenters. The van der Waals surface area contributed by atoms with Crippen molar-refractivity contribution in [3.8, 4) is 11.5 Å². The predicted octanol–water partition coefficient (Wildman–Crippen LogP) is 6.16. The fourth-order valence-corrected chi connectivity index (χ4v) is 5.37. The van der Waals surface area contributed by atoms with Crippen LogP contribution in [-0.2, 0) is 17.7 Å². The maximum atomic E-state index is 12.3. The Morgan fingerprint density at radius 3 is 2.44 bits per heavy atom. The number of ether oxygens (including phenoxy) is 3. The molecular formula is C27H33ClN2O4. The lowest BCUT2D eigenvalue weighted by Gasteiger charge is -2.33. The summed E-state index contributed by atoms with van der Waals surface area (Å²) in [4.78, 5) is 14.9. The second kappa shape index (κ2) is 9.88. The molecule has 7 heteroatoms. The highest BCUT2D eigenvalue weighted by molar-refractivity contribution is 6.13. The normalized spacial score (nSPS) is 17.3. The van der Waals surface area contributed by atoms with E-state index in [9.17, 15) is 4.79 Å². The second-order valence-corrected chi connectivity index (χ2v) is 9.56. The number of hydrogen-bond acceptors (Lipinski definition) is 5. The summed E-state index contributed by atoms with van der Waals surface area (Å²) in [6.07, 6.45) is 3.15. The zero-order chi connectivity index (χ0) is 23.1. The minimum Gasteiger partial charge on any atom is -0.493 e. The van der Waals surface area contributed by atoms with Gasteiger partial charge in [0, 0.05) is 18.3 Å². The van der Waals surface area contributed by atoms with Crippen LogP contribution in [-0.4, -0.2) is 44.4 Å². The predicted molar refractivity (Wildman–Crippen MR) is 139 cm³/mol. The van der Waals surface area contributed by atoms with Gasteiger partial charge in [-0.2, -0.15) is 0 Å². The maximum Gasteiger partial charge on any atom is 0.411 e. The van der Waals surface area contributed by atoms with Crippen LogP contribution in [0.4, 0.5) is 10.5 Å². The van der Waals surface area contributed by atoms with Crippen molar-refractivity contribution in [1.82, 2.24) is 4.90 Å². The molecule has 3 aromatic carbocycles. The number of hydrogen-bond donors (Lipinski definition) is 1. The van der Waals surface area contributed by atoms with Crippen LogP contribution in [0.3, 0.4) is 0 Å². The largest absolute Gasteiger partial charge is 0.493 e. The lowest BCUT2D eigenvalue weighted by molar-refractivity contribution is 0.147. The summed E-state index contributed by atoms with van der Waals surface area (Å²) >= 11 is 0. The van der Waals surface area contributed by atoms with E-state index >= 15 is 0 Å². The number of amides is 1. The van der Waals surface area contributed by atoms with Gasteiger partial charge in [0.1, 0.15) is 0 Å². The summed E-state index contributed by atoms with van der Waals surface area (Å²) in [5.74, 6) is 1.73. The highest BCUT2D eigenvalue weighted by Gasteiger charge is 2.32. The molecule has 0 unspecified atom stereocenters. The smallest absolute Gasteiger partial charge is 0.411 e. The molecule has 2 aliphatic heterocycles. The first-order valence-corrected chi connectivity index (χ1v) is 11.8. The Bertz CT molecular complexity index is 1230. The van der Waals surface area contributed by atoms with Crippen LogP contribution in [0.15, 0.2) is 30.3 Å². The molecular weight excluding hydrogens is 452 g/mol. The number of methoxy groups -OCH3 is 2. The maximum absolute atomic E-state index is 12.3. The average Bonchev–Trinajstić information content (AvgIpc) is 3.28. The van der Waals surface area contributed by atoms with E-state index in [0.717, 1.165) is 41.7 Å². The molecule has 0 aliphatic carbocycles. The molecule has 2 heterocycles. The van der Waals surface area contributed by atoms with Gasteiger partial charge in [-0.25, -0.2) is 4.79 Å². The number of carbonyl (C=O) groups is 1. The molecule has 1 N–H and O–H groups in total. The number of halogens is 1. The number of nitrogens with one attached hydrogen (secondary N) is 1. The van der Waals surface area contributed by atoms with E-state index in [1.165, 1.54) is 34.7 Å². The van der Waals surface area contributed by atoms with Crippen molar-refractivity contribution >= 4 is 45.7 Å². The third kappa shape index (κ3) is 4.37. The van der Waals surface area contributed by atoms with Crippen molar-refractivity contribution in [1.29, 1.82) is 0 Å². The van der Waals surface area contributed by atoms with E-state index < -0.39 is 6.09 Å². The lowest BCUT2D eigenvalue weighted by Crippen LogP contribution is -2.35. The second-order valence-electron chi connectivity index (χ2n) is 9.56. The summed E-state index contributed by atoms with van der Waals surface area (Å²) in [5.41, 5.74) is 3.53. The number of anilines is 1. The van der Waals surface area contributed by atoms with Gasteiger partial charge >= 0.3 is 6.09 Å². The molecule has 2 aliphatic rings. The molecule has 0 spiro atoms. The Hall–Kier alpha value is -2.70. The molecule has 0 bridgehead atoms. The van der Waals surface area contributed by atoms with Gasteiger partial charge in [0.25, 0.3) is 0 Å². The zero-order valence-corrected chi connectivity index (χ0v) is 21.1. The molecule has 6 nitrogen and oxygen atoms in total. The molecule has 1 saturated heterocycles. The molecule has 0 radical (unpaired) electrons. The van der Waals surface area contributed by atoms with Gasteiger partial charge in [-0.3, -0.25) is 10.2 Å². The summed E-state index contributed by atoms with van der Waals surface area (Å²) in [5, 5.41) is 7.56. The molecule has 0 aromatic heterocycles. The van der Waals surface area contributed by atoms with Crippen molar-refractivity contribution in [2.24, 2.45) is 5.92 Å². The molecule has 0 saturated carbocycles. The minimum absolute atomic E-state index is 0. The van der Waals surface area contributed by atoms with Crippen LogP contribution in [0, 0.1) is 5.92 Å². The van der Waals surface area contributed by atoms with Gasteiger partial charge in [-0.15, -0.1) is 12.4 Å². The first-order chi connectivity index (χ1) is 16.0. The topological polar surface area (TPSA) is 60.0 Å². The summed E-state index contributed by atoms with van der Waals surface area (Å²) < 4.78 is 16.6. The van der Waals surface area contributed by atoms with Crippen LogP contribution in [0.2, 0.25) is 0 Å².